The number of amides is 1. The molecule has 0 bridgehead atoms. The first kappa shape index (κ1) is 20.1. The number of benzene rings is 1. The predicted octanol–water partition coefficient (Wildman–Crippen LogP) is 2.07. The lowest BCUT2D eigenvalue weighted by Gasteiger charge is -2.27. The second-order valence-electron chi connectivity index (χ2n) is 6.36. The van der Waals surface area contributed by atoms with Gasteiger partial charge >= 0.3 is 0 Å². The van der Waals surface area contributed by atoms with Crippen molar-refractivity contribution in [2.45, 2.75) is 31.9 Å². The number of ether oxygens (including phenoxy) is 2. The number of halogens is 2. The van der Waals surface area contributed by atoms with Crippen molar-refractivity contribution in [3.63, 3.8) is 0 Å². The number of carbonyl (C=O) groups excluding carboxylic acids is 1. The molecule has 0 aliphatic carbocycles. The molecule has 1 saturated heterocycles. The Balaban J connectivity index is 0.00000225. The van der Waals surface area contributed by atoms with Crippen molar-refractivity contribution < 1.29 is 19.4 Å². The highest BCUT2D eigenvalue weighted by atomic mass is 35.5. The van der Waals surface area contributed by atoms with E-state index in [0.717, 1.165) is 19.4 Å². The van der Waals surface area contributed by atoms with E-state index < -0.39 is 6.10 Å². The second-order valence-corrected chi connectivity index (χ2v) is 6.77. The van der Waals surface area contributed by atoms with Gasteiger partial charge in [-0.3, -0.25) is 4.79 Å². The SMILES string of the molecule is C[C@H]1C[C@@H](C(=O)NCC(O)c2cc(Cl)c3c(c2)OCCO3)CCN1.Cl. The summed E-state index contributed by atoms with van der Waals surface area (Å²) in [5, 5.41) is 16.9. The molecule has 0 radical (unpaired) electrons. The Kier molecular flexibility index (Phi) is 7.19. The molecular formula is C17H24Cl2N2O4. The maximum Gasteiger partial charge on any atom is 0.223 e. The van der Waals surface area contributed by atoms with Crippen molar-refractivity contribution >= 4 is 29.9 Å². The fourth-order valence-corrected chi connectivity index (χ4v) is 3.43. The molecule has 3 N–H and O–H groups in total. The maximum atomic E-state index is 12.3. The summed E-state index contributed by atoms with van der Waals surface area (Å²) in [5.74, 6) is 1.02. The third kappa shape index (κ3) is 4.91. The Morgan fingerprint density at radius 1 is 1.44 bits per heavy atom. The summed E-state index contributed by atoms with van der Waals surface area (Å²) in [6.45, 7) is 3.98. The van der Waals surface area contributed by atoms with Crippen molar-refractivity contribution in [3.05, 3.63) is 22.7 Å². The minimum atomic E-state index is -0.846. The van der Waals surface area contributed by atoms with Crippen LogP contribution in [0.1, 0.15) is 31.4 Å². The van der Waals surface area contributed by atoms with Crippen molar-refractivity contribution in [1.82, 2.24) is 10.6 Å². The van der Waals surface area contributed by atoms with Gasteiger partial charge in [0, 0.05) is 18.5 Å². The highest BCUT2D eigenvalue weighted by Crippen LogP contribution is 2.39. The molecule has 3 rings (SSSR count). The van der Waals surface area contributed by atoms with Crippen molar-refractivity contribution in [2.75, 3.05) is 26.3 Å². The highest BCUT2D eigenvalue weighted by Gasteiger charge is 2.25. The monoisotopic (exact) mass is 390 g/mol. The molecule has 0 spiro atoms. The summed E-state index contributed by atoms with van der Waals surface area (Å²) in [6.07, 6.45) is 0.793. The topological polar surface area (TPSA) is 79.8 Å². The molecule has 8 heteroatoms. The van der Waals surface area contributed by atoms with Crippen LogP contribution in [0, 0.1) is 5.92 Å². The van der Waals surface area contributed by atoms with Gasteiger partial charge in [-0.15, -0.1) is 12.4 Å². The summed E-state index contributed by atoms with van der Waals surface area (Å²) in [4.78, 5) is 12.3. The van der Waals surface area contributed by atoms with Crippen LogP contribution in [0.25, 0.3) is 0 Å². The number of fused-ring (bicyclic) bond motifs is 1. The lowest BCUT2D eigenvalue weighted by molar-refractivity contribution is -0.126. The lowest BCUT2D eigenvalue weighted by Crippen LogP contribution is -2.43. The number of hydrogen-bond acceptors (Lipinski definition) is 5. The van der Waals surface area contributed by atoms with Gasteiger partial charge in [-0.2, -0.15) is 0 Å². The summed E-state index contributed by atoms with van der Waals surface area (Å²) in [6, 6.07) is 3.71. The van der Waals surface area contributed by atoms with Crippen molar-refractivity contribution in [3.8, 4) is 11.5 Å². The Morgan fingerprint density at radius 3 is 2.96 bits per heavy atom. The van der Waals surface area contributed by atoms with E-state index in [-0.39, 0.29) is 30.8 Å². The Labute approximate surface area is 158 Å². The third-order valence-electron chi connectivity index (χ3n) is 4.47. The zero-order valence-corrected chi connectivity index (χ0v) is 15.7. The molecule has 1 fully saturated rings. The molecule has 2 aliphatic heterocycles. The Morgan fingerprint density at radius 2 is 2.20 bits per heavy atom. The number of piperidine rings is 1. The number of rotatable bonds is 4. The van der Waals surface area contributed by atoms with Crippen molar-refractivity contribution in [1.29, 1.82) is 0 Å². The molecule has 140 valence electrons. The minimum Gasteiger partial charge on any atom is -0.486 e. The third-order valence-corrected chi connectivity index (χ3v) is 4.75. The van der Waals surface area contributed by atoms with Crippen LogP contribution < -0.4 is 20.1 Å². The Bertz CT molecular complexity index is 615. The van der Waals surface area contributed by atoms with E-state index in [1.165, 1.54) is 0 Å². The molecule has 6 nitrogen and oxygen atoms in total. The van der Waals surface area contributed by atoms with E-state index >= 15 is 0 Å². The zero-order chi connectivity index (χ0) is 17.1. The van der Waals surface area contributed by atoms with Crippen LogP contribution in [-0.2, 0) is 4.79 Å². The van der Waals surface area contributed by atoms with Gasteiger partial charge in [-0.05, 0) is 44.0 Å². The van der Waals surface area contributed by atoms with Crippen LogP contribution in [0.2, 0.25) is 5.02 Å². The van der Waals surface area contributed by atoms with Gasteiger partial charge in [0.2, 0.25) is 5.91 Å². The minimum absolute atomic E-state index is 0. The van der Waals surface area contributed by atoms with Crippen LogP contribution in [-0.4, -0.2) is 43.4 Å². The van der Waals surface area contributed by atoms with Gasteiger partial charge in [0.1, 0.15) is 13.2 Å². The number of hydrogen-bond donors (Lipinski definition) is 3. The molecular weight excluding hydrogens is 367 g/mol. The molecule has 0 saturated carbocycles. The van der Waals surface area contributed by atoms with E-state index in [2.05, 4.69) is 17.6 Å². The van der Waals surface area contributed by atoms with Crippen LogP contribution in [0.4, 0.5) is 0 Å². The first-order valence-electron chi connectivity index (χ1n) is 8.33. The standard InChI is InChI=1S/C17H23ClN2O4.ClH/c1-10-6-11(2-3-19-10)17(22)20-9-14(21)12-7-13(18)16-15(8-12)23-4-5-24-16;/h7-8,10-11,14,19,21H,2-6,9H2,1H3,(H,20,22);1H/t10-,11-,14?;/m0./s1. The Hall–Kier alpha value is -1.21. The molecule has 1 aromatic carbocycles. The number of aliphatic hydroxyl groups is 1. The molecule has 2 heterocycles. The lowest BCUT2D eigenvalue weighted by atomic mass is 9.92. The van der Waals surface area contributed by atoms with Crippen LogP contribution in [0.5, 0.6) is 11.5 Å². The zero-order valence-electron chi connectivity index (χ0n) is 14.1. The van der Waals surface area contributed by atoms with Crippen LogP contribution in [0.15, 0.2) is 12.1 Å². The van der Waals surface area contributed by atoms with Crippen molar-refractivity contribution in [2.24, 2.45) is 5.92 Å². The van der Waals surface area contributed by atoms with Crippen LogP contribution in [0.3, 0.4) is 0 Å². The van der Waals surface area contributed by atoms with Gasteiger partial charge in [0.15, 0.2) is 11.5 Å². The number of aliphatic hydroxyl groups excluding tert-OH is 1. The average Bonchev–Trinajstić information content (AvgIpc) is 2.59. The van der Waals surface area contributed by atoms with E-state index in [1.54, 1.807) is 12.1 Å². The molecule has 1 unspecified atom stereocenters. The van der Waals surface area contributed by atoms with E-state index in [9.17, 15) is 9.90 Å². The number of nitrogens with one attached hydrogen (secondary N) is 2. The summed E-state index contributed by atoms with van der Waals surface area (Å²) < 4.78 is 11.0. The smallest absolute Gasteiger partial charge is 0.223 e. The number of carbonyl (C=O) groups is 1. The van der Waals surface area contributed by atoms with Gasteiger partial charge < -0.3 is 25.2 Å². The highest BCUT2D eigenvalue weighted by molar-refractivity contribution is 6.32. The molecule has 0 aromatic heterocycles. The fraction of sp³-hybridized carbons (Fsp3) is 0.588. The fourth-order valence-electron chi connectivity index (χ4n) is 3.15. The summed E-state index contributed by atoms with van der Waals surface area (Å²) in [7, 11) is 0. The molecule has 3 atom stereocenters. The first-order valence-corrected chi connectivity index (χ1v) is 8.70. The van der Waals surface area contributed by atoms with Crippen LogP contribution >= 0.6 is 24.0 Å². The summed E-state index contributed by atoms with van der Waals surface area (Å²) >= 11 is 6.18. The molecule has 1 aromatic rings. The van der Waals surface area contributed by atoms with Gasteiger partial charge in [0.25, 0.3) is 0 Å². The predicted molar refractivity (Wildman–Crippen MR) is 97.8 cm³/mol. The molecule has 2 aliphatic rings. The second kappa shape index (κ2) is 8.94. The van der Waals surface area contributed by atoms with E-state index in [1.807, 2.05) is 0 Å². The van der Waals surface area contributed by atoms with Gasteiger partial charge in [-0.1, -0.05) is 11.6 Å². The molecule has 1 amide bonds. The largest absolute Gasteiger partial charge is 0.486 e. The maximum absolute atomic E-state index is 12.3. The van der Waals surface area contributed by atoms with Gasteiger partial charge in [-0.25, -0.2) is 0 Å². The molecule has 25 heavy (non-hydrogen) atoms. The van der Waals surface area contributed by atoms with Gasteiger partial charge in [0.05, 0.1) is 11.1 Å². The quantitative estimate of drug-likeness (QED) is 0.733. The normalized spacial score (nSPS) is 23.3. The summed E-state index contributed by atoms with van der Waals surface area (Å²) in [5.41, 5.74) is 0.600. The average molecular weight is 391 g/mol. The van der Waals surface area contributed by atoms with E-state index in [0.29, 0.717) is 41.3 Å². The first-order chi connectivity index (χ1) is 11.5. The van der Waals surface area contributed by atoms with E-state index in [4.69, 9.17) is 21.1 Å².